The van der Waals surface area contributed by atoms with Gasteiger partial charge < -0.3 is 26.0 Å². The highest BCUT2D eigenvalue weighted by Gasteiger charge is 2.59. The molecule has 0 radical (unpaired) electrons. The first-order chi connectivity index (χ1) is 24.2. The van der Waals surface area contributed by atoms with Gasteiger partial charge in [0.05, 0.1) is 19.6 Å². The lowest BCUT2D eigenvalue weighted by atomic mass is 9.47. The van der Waals surface area contributed by atoms with Crippen LogP contribution >= 0.6 is 0 Å². The SMILES string of the molecule is CC(=O)CNC(=O)CNC(=O)CNC(=O)CCCCCNC(=O)OC1CC[C@@]2(C)C(=CC[C@H]3[C@@H]4CC[C@H]([C@H](C)CCCC(C)C)[C@@]4(C)CC[C@@H]32)C1. The Kier molecular flexibility index (Phi) is 15.0. The Labute approximate surface area is 307 Å². The zero-order valence-corrected chi connectivity index (χ0v) is 32.5. The fourth-order valence-electron chi connectivity index (χ4n) is 10.5. The maximum absolute atomic E-state index is 12.7. The number of fused-ring (bicyclic) bond motifs is 5. The zero-order chi connectivity index (χ0) is 37.2. The van der Waals surface area contributed by atoms with Crippen LogP contribution in [0.1, 0.15) is 138 Å². The second-order valence-corrected chi connectivity index (χ2v) is 17.3. The van der Waals surface area contributed by atoms with Crippen molar-refractivity contribution in [3.05, 3.63) is 11.6 Å². The van der Waals surface area contributed by atoms with E-state index >= 15 is 0 Å². The van der Waals surface area contributed by atoms with Gasteiger partial charge in [-0.1, -0.05) is 72.0 Å². The quantitative estimate of drug-likeness (QED) is 0.0930. The van der Waals surface area contributed by atoms with Gasteiger partial charge in [-0.15, -0.1) is 0 Å². The van der Waals surface area contributed by atoms with Crippen LogP contribution in [0.2, 0.25) is 0 Å². The number of ketones is 1. The third kappa shape index (κ3) is 11.0. The molecule has 4 N–H and O–H groups in total. The van der Waals surface area contributed by atoms with Crippen molar-refractivity contribution in [3.63, 3.8) is 0 Å². The van der Waals surface area contributed by atoms with E-state index in [0.29, 0.717) is 18.4 Å². The van der Waals surface area contributed by atoms with E-state index in [2.05, 4.69) is 62.0 Å². The average molecular weight is 713 g/mol. The lowest BCUT2D eigenvalue weighted by Crippen LogP contribution is -2.51. The molecule has 4 aliphatic rings. The summed E-state index contributed by atoms with van der Waals surface area (Å²) < 4.78 is 5.92. The van der Waals surface area contributed by atoms with E-state index in [1.807, 2.05) is 0 Å². The number of rotatable bonds is 18. The maximum atomic E-state index is 12.7. The summed E-state index contributed by atoms with van der Waals surface area (Å²) in [5, 5.41) is 10.2. The van der Waals surface area contributed by atoms with Gasteiger partial charge in [0.2, 0.25) is 17.7 Å². The molecule has 8 atom stereocenters. The lowest BCUT2D eigenvalue weighted by Gasteiger charge is -2.58. The molecular weight excluding hydrogens is 644 g/mol. The molecule has 0 spiro atoms. The molecule has 0 saturated heterocycles. The summed E-state index contributed by atoms with van der Waals surface area (Å²) in [5.41, 5.74) is 2.24. The Morgan fingerprint density at radius 2 is 1.49 bits per heavy atom. The maximum Gasteiger partial charge on any atom is 0.407 e. The number of alkyl carbamates (subject to hydrolysis) is 1. The van der Waals surface area contributed by atoms with E-state index in [9.17, 15) is 24.0 Å². The highest BCUT2D eigenvalue weighted by molar-refractivity contribution is 5.89. The van der Waals surface area contributed by atoms with Gasteiger partial charge in [0, 0.05) is 19.4 Å². The number of carbonyl (C=O) groups is 5. The molecule has 0 aromatic carbocycles. The van der Waals surface area contributed by atoms with Gasteiger partial charge in [0.15, 0.2) is 0 Å². The minimum Gasteiger partial charge on any atom is -0.446 e. The van der Waals surface area contributed by atoms with E-state index in [-0.39, 0.29) is 55.4 Å². The number of hydrogen-bond acceptors (Lipinski definition) is 6. The molecular formula is C41H68N4O6. The first kappa shape index (κ1) is 40.9. The molecule has 0 aromatic rings. The van der Waals surface area contributed by atoms with E-state index in [4.69, 9.17) is 4.74 Å². The summed E-state index contributed by atoms with van der Waals surface area (Å²) in [6.07, 6.45) is 18.2. The molecule has 10 nitrogen and oxygen atoms in total. The Hall–Kier alpha value is -2.91. The minimum absolute atomic E-state index is 0.0758. The fraction of sp³-hybridized carbons (Fsp3) is 0.829. The number of allylic oxidation sites excluding steroid dienone is 1. The Morgan fingerprint density at radius 3 is 2.20 bits per heavy atom. The standard InChI is InChI=1S/C41H68N4O6/c1-27(2)11-10-12-28(3)33-16-17-34-32-15-14-30-23-31(18-20-40(30,5)35(32)19-21-41(33,34)6)51-39(50)42-22-9-7-8-13-36(47)44-25-38(49)45-26-37(48)43-24-29(4)46/h14,27-28,31-35H,7-13,15-26H2,1-6H3,(H,42,50)(H,43,48)(H,44,47)(H,45,49)/t28-,31?,32+,33-,34+,35+,40+,41-/m1/s1. The molecule has 3 fully saturated rings. The Morgan fingerprint density at radius 1 is 0.784 bits per heavy atom. The summed E-state index contributed by atoms with van der Waals surface area (Å²) in [6.45, 7) is 13.7. The van der Waals surface area contributed by atoms with Crippen LogP contribution in [0.3, 0.4) is 0 Å². The van der Waals surface area contributed by atoms with Crippen LogP contribution < -0.4 is 21.3 Å². The molecule has 1 unspecified atom stereocenters. The van der Waals surface area contributed by atoms with Crippen molar-refractivity contribution in [2.75, 3.05) is 26.2 Å². The molecule has 0 heterocycles. The summed E-state index contributed by atoms with van der Waals surface area (Å²) in [7, 11) is 0. The lowest BCUT2D eigenvalue weighted by molar-refractivity contribution is -0.128. The van der Waals surface area contributed by atoms with Crippen molar-refractivity contribution in [2.24, 2.45) is 46.3 Å². The number of unbranched alkanes of at least 4 members (excludes halogenated alkanes) is 2. The van der Waals surface area contributed by atoms with Crippen molar-refractivity contribution < 1.29 is 28.7 Å². The molecule has 4 amide bonds. The van der Waals surface area contributed by atoms with E-state index < -0.39 is 11.8 Å². The average Bonchev–Trinajstić information content (AvgIpc) is 3.44. The second kappa shape index (κ2) is 18.7. The summed E-state index contributed by atoms with van der Waals surface area (Å²) >= 11 is 0. The number of carbonyl (C=O) groups excluding carboxylic acids is 5. The number of Topliss-reactive ketones (excluding diaryl/α,β-unsaturated/α-hetero) is 1. The molecule has 0 bridgehead atoms. The molecule has 10 heteroatoms. The summed E-state index contributed by atoms with van der Waals surface area (Å²) in [6, 6.07) is 0. The van der Waals surface area contributed by atoms with Gasteiger partial charge in [-0.2, -0.15) is 0 Å². The minimum atomic E-state index is -0.479. The second-order valence-electron chi connectivity index (χ2n) is 17.3. The molecule has 4 rings (SSSR count). The van der Waals surface area contributed by atoms with Crippen LogP contribution in [-0.4, -0.2) is 61.9 Å². The van der Waals surface area contributed by atoms with Crippen LogP contribution in [0, 0.1) is 46.3 Å². The highest BCUT2D eigenvalue weighted by atomic mass is 16.6. The van der Waals surface area contributed by atoms with Crippen LogP contribution in [0.15, 0.2) is 11.6 Å². The molecule has 0 aliphatic heterocycles. The molecule has 0 aromatic heterocycles. The van der Waals surface area contributed by atoms with Gasteiger partial charge in [-0.25, -0.2) is 4.79 Å². The monoisotopic (exact) mass is 713 g/mol. The number of amides is 4. The van der Waals surface area contributed by atoms with Crippen LogP contribution in [0.5, 0.6) is 0 Å². The van der Waals surface area contributed by atoms with Gasteiger partial charge in [-0.3, -0.25) is 19.2 Å². The van der Waals surface area contributed by atoms with Crippen LogP contribution in [0.25, 0.3) is 0 Å². The van der Waals surface area contributed by atoms with Crippen molar-refractivity contribution in [2.45, 2.75) is 144 Å². The Bertz CT molecular complexity index is 1270. The third-order valence-electron chi connectivity index (χ3n) is 13.3. The van der Waals surface area contributed by atoms with Gasteiger partial charge in [0.1, 0.15) is 11.9 Å². The predicted molar refractivity (Wildman–Crippen MR) is 199 cm³/mol. The first-order valence-corrected chi connectivity index (χ1v) is 20.2. The van der Waals surface area contributed by atoms with Gasteiger partial charge >= 0.3 is 6.09 Å². The topological polar surface area (TPSA) is 143 Å². The largest absolute Gasteiger partial charge is 0.446 e. The zero-order valence-electron chi connectivity index (χ0n) is 32.5. The molecule has 3 saturated carbocycles. The van der Waals surface area contributed by atoms with Crippen molar-refractivity contribution in [1.82, 2.24) is 21.3 Å². The van der Waals surface area contributed by atoms with Crippen LogP contribution in [-0.2, 0) is 23.9 Å². The summed E-state index contributed by atoms with van der Waals surface area (Å²) in [4.78, 5) is 59.0. The van der Waals surface area contributed by atoms with Gasteiger partial charge in [-0.05, 0) is 111 Å². The van der Waals surface area contributed by atoms with Gasteiger partial charge in [0.25, 0.3) is 0 Å². The smallest absolute Gasteiger partial charge is 0.407 e. The highest BCUT2D eigenvalue weighted by Crippen LogP contribution is 2.67. The van der Waals surface area contributed by atoms with Crippen molar-refractivity contribution >= 4 is 29.6 Å². The fourth-order valence-corrected chi connectivity index (χ4v) is 10.5. The Balaban J connectivity index is 1.11. The number of ether oxygens (including phenoxy) is 1. The number of nitrogens with one attached hydrogen (secondary N) is 4. The van der Waals surface area contributed by atoms with E-state index in [1.54, 1.807) is 0 Å². The van der Waals surface area contributed by atoms with E-state index in [1.165, 1.54) is 63.9 Å². The van der Waals surface area contributed by atoms with Crippen molar-refractivity contribution in [1.29, 1.82) is 0 Å². The first-order valence-electron chi connectivity index (χ1n) is 20.2. The molecule has 4 aliphatic carbocycles. The number of hydrogen-bond donors (Lipinski definition) is 4. The van der Waals surface area contributed by atoms with Crippen molar-refractivity contribution in [3.8, 4) is 0 Å². The predicted octanol–water partition coefficient (Wildman–Crippen LogP) is 6.62. The molecule has 51 heavy (non-hydrogen) atoms. The van der Waals surface area contributed by atoms with E-state index in [0.717, 1.165) is 67.6 Å². The third-order valence-corrected chi connectivity index (χ3v) is 13.3. The summed E-state index contributed by atoms with van der Waals surface area (Å²) in [5.74, 6) is 3.51. The normalized spacial score (nSPS) is 30.2. The molecule has 288 valence electrons. The van der Waals surface area contributed by atoms with Crippen LogP contribution in [0.4, 0.5) is 4.79 Å².